The quantitative estimate of drug-likeness (QED) is 0.700. The molecule has 0 amide bonds. The molecule has 0 saturated heterocycles. The fourth-order valence-corrected chi connectivity index (χ4v) is 1.95. The van der Waals surface area contributed by atoms with Gasteiger partial charge in [-0.15, -0.1) is 5.10 Å². The molecule has 1 saturated carbocycles. The van der Waals surface area contributed by atoms with Gasteiger partial charge in [0.25, 0.3) is 0 Å². The van der Waals surface area contributed by atoms with Crippen molar-refractivity contribution in [3.63, 3.8) is 0 Å². The van der Waals surface area contributed by atoms with Gasteiger partial charge in [-0.3, -0.25) is 0 Å². The zero-order valence-electron chi connectivity index (χ0n) is 7.64. The highest BCUT2D eigenvalue weighted by Gasteiger charge is 2.30. The second-order valence-electron chi connectivity index (χ2n) is 3.43. The topological polar surface area (TPSA) is 42.7 Å². The highest BCUT2D eigenvalue weighted by Crippen LogP contribution is 2.35. The van der Waals surface area contributed by atoms with Crippen LogP contribution < -0.4 is 5.32 Å². The minimum absolute atomic E-state index is 0.460. The summed E-state index contributed by atoms with van der Waals surface area (Å²) in [5, 5.41) is 11.7. The number of nitrogens with zero attached hydrogens (tertiary/aromatic N) is 3. The van der Waals surface area contributed by atoms with Gasteiger partial charge in [0.05, 0.1) is 17.9 Å². The average Bonchev–Trinajstić information content (AvgIpc) is 2.51. The van der Waals surface area contributed by atoms with Gasteiger partial charge in [-0.2, -0.15) is 12.6 Å². The molecule has 1 aliphatic carbocycles. The Balaban J connectivity index is 2.04. The zero-order chi connectivity index (χ0) is 9.26. The Kier molecular flexibility index (Phi) is 2.55. The third-order valence-electron chi connectivity index (χ3n) is 2.46. The smallest absolute Gasteiger partial charge is 0.0964 e. The molecule has 0 bridgehead atoms. The first-order valence-electron chi connectivity index (χ1n) is 4.54. The molecule has 2 rings (SSSR count). The Morgan fingerprint density at radius 3 is 3.08 bits per heavy atom. The van der Waals surface area contributed by atoms with E-state index in [9.17, 15) is 0 Å². The van der Waals surface area contributed by atoms with Gasteiger partial charge in [0, 0.05) is 11.8 Å². The first-order valence-corrected chi connectivity index (χ1v) is 5.06. The monoisotopic (exact) mass is 198 g/mol. The fourth-order valence-electron chi connectivity index (χ4n) is 1.51. The number of hydrogen-bond donors (Lipinski definition) is 2. The molecule has 1 aromatic rings. The van der Waals surface area contributed by atoms with Crippen LogP contribution in [0.4, 0.5) is 0 Å². The SMILES string of the molecule is CNCc1cn(C2CCC2S)nn1. The number of thiol groups is 1. The molecule has 1 N–H and O–H groups in total. The normalized spacial score (nSPS) is 27.2. The predicted octanol–water partition coefficient (Wildman–Crippen LogP) is 0.631. The van der Waals surface area contributed by atoms with E-state index in [2.05, 4.69) is 28.3 Å². The summed E-state index contributed by atoms with van der Waals surface area (Å²) in [6, 6.07) is 0.460. The van der Waals surface area contributed by atoms with E-state index in [0.29, 0.717) is 11.3 Å². The Labute approximate surface area is 83.1 Å². The maximum Gasteiger partial charge on any atom is 0.0964 e. The number of hydrogen-bond acceptors (Lipinski definition) is 4. The fraction of sp³-hybridized carbons (Fsp3) is 0.750. The molecule has 2 atom stereocenters. The molecule has 0 radical (unpaired) electrons. The molecule has 1 fully saturated rings. The summed E-state index contributed by atoms with van der Waals surface area (Å²) in [6.07, 6.45) is 4.37. The Hall–Kier alpha value is -0.550. The summed E-state index contributed by atoms with van der Waals surface area (Å²) in [5.41, 5.74) is 0.995. The van der Waals surface area contributed by atoms with Crippen LogP contribution in [0.25, 0.3) is 0 Å². The zero-order valence-corrected chi connectivity index (χ0v) is 8.54. The van der Waals surface area contributed by atoms with E-state index in [0.717, 1.165) is 12.2 Å². The Morgan fingerprint density at radius 2 is 2.54 bits per heavy atom. The van der Waals surface area contributed by atoms with E-state index in [1.807, 2.05) is 17.9 Å². The molecule has 1 aliphatic rings. The number of nitrogens with one attached hydrogen (secondary N) is 1. The van der Waals surface area contributed by atoms with Crippen molar-refractivity contribution in [3.8, 4) is 0 Å². The van der Waals surface area contributed by atoms with Crippen molar-refractivity contribution in [3.05, 3.63) is 11.9 Å². The van der Waals surface area contributed by atoms with Crippen molar-refractivity contribution in [1.29, 1.82) is 0 Å². The molecule has 0 aromatic carbocycles. The van der Waals surface area contributed by atoms with Crippen molar-refractivity contribution in [2.24, 2.45) is 0 Å². The first-order chi connectivity index (χ1) is 6.31. The lowest BCUT2D eigenvalue weighted by Crippen LogP contribution is -2.30. The van der Waals surface area contributed by atoms with Crippen LogP contribution in [0, 0.1) is 0 Å². The number of rotatable bonds is 3. The summed E-state index contributed by atoms with van der Waals surface area (Å²) in [7, 11) is 1.91. The molecule has 0 spiro atoms. The maximum absolute atomic E-state index is 4.45. The molecule has 5 heteroatoms. The summed E-state index contributed by atoms with van der Waals surface area (Å²) >= 11 is 4.45. The van der Waals surface area contributed by atoms with E-state index < -0.39 is 0 Å². The van der Waals surface area contributed by atoms with E-state index in [-0.39, 0.29) is 0 Å². The molecule has 13 heavy (non-hydrogen) atoms. The van der Waals surface area contributed by atoms with Gasteiger partial charge in [0.15, 0.2) is 0 Å². The largest absolute Gasteiger partial charge is 0.314 e. The third-order valence-corrected chi connectivity index (χ3v) is 3.06. The van der Waals surface area contributed by atoms with Crippen LogP contribution in [0.2, 0.25) is 0 Å². The molecule has 0 aliphatic heterocycles. The minimum Gasteiger partial charge on any atom is -0.314 e. The lowest BCUT2D eigenvalue weighted by atomic mass is 9.92. The second kappa shape index (κ2) is 3.67. The van der Waals surface area contributed by atoms with Gasteiger partial charge >= 0.3 is 0 Å². The van der Waals surface area contributed by atoms with Crippen molar-refractivity contribution in [1.82, 2.24) is 20.3 Å². The highest BCUT2D eigenvalue weighted by atomic mass is 32.1. The molecule has 1 aromatic heterocycles. The van der Waals surface area contributed by atoms with Gasteiger partial charge in [-0.05, 0) is 19.9 Å². The molecule has 4 nitrogen and oxygen atoms in total. The standard InChI is InChI=1S/C8H14N4S/c1-9-4-6-5-12(11-10-6)7-2-3-8(7)13/h5,7-9,13H,2-4H2,1H3. The lowest BCUT2D eigenvalue weighted by molar-refractivity contribution is 0.299. The van der Waals surface area contributed by atoms with E-state index >= 15 is 0 Å². The van der Waals surface area contributed by atoms with Crippen LogP contribution in [0.15, 0.2) is 6.20 Å². The highest BCUT2D eigenvalue weighted by molar-refractivity contribution is 7.81. The van der Waals surface area contributed by atoms with Crippen molar-refractivity contribution in [2.75, 3.05) is 7.05 Å². The van der Waals surface area contributed by atoms with Gasteiger partial charge in [-0.25, -0.2) is 4.68 Å². The molecular weight excluding hydrogens is 184 g/mol. The van der Waals surface area contributed by atoms with Gasteiger partial charge < -0.3 is 5.32 Å². The minimum atomic E-state index is 0.460. The summed E-state index contributed by atoms with van der Waals surface area (Å²) in [4.78, 5) is 0. The number of aromatic nitrogens is 3. The van der Waals surface area contributed by atoms with Crippen LogP contribution in [-0.2, 0) is 6.54 Å². The van der Waals surface area contributed by atoms with Crippen LogP contribution in [-0.4, -0.2) is 27.3 Å². The maximum atomic E-state index is 4.45. The predicted molar refractivity (Wildman–Crippen MR) is 53.8 cm³/mol. The van der Waals surface area contributed by atoms with Gasteiger partial charge in [-0.1, -0.05) is 5.21 Å². The third kappa shape index (κ3) is 1.71. The summed E-state index contributed by atoms with van der Waals surface area (Å²) < 4.78 is 1.94. The van der Waals surface area contributed by atoms with Crippen molar-refractivity contribution >= 4 is 12.6 Å². The van der Waals surface area contributed by atoms with Crippen LogP contribution in [0.1, 0.15) is 24.6 Å². The Morgan fingerprint density at radius 1 is 1.69 bits per heavy atom. The van der Waals surface area contributed by atoms with E-state index in [4.69, 9.17) is 0 Å². The first kappa shape index (κ1) is 9.02. The average molecular weight is 198 g/mol. The molecular formula is C8H14N4S. The van der Waals surface area contributed by atoms with E-state index in [1.54, 1.807) is 0 Å². The summed E-state index contributed by atoms with van der Waals surface area (Å²) in [6.45, 7) is 0.782. The Bertz CT molecular complexity index is 285. The van der Waals surface area contributed by atoms with Gasteiger partial charge in [0.1, 0.15) is 0 Å². The van der Waals surface area contributed by atoms with Crippen molar-refractivity contribution in [2.45, 2.75) is 30.7 Å². The lowest BCUT2D eigenvalue weighted by Gasteiger charge is -2.32. The van der Waals surface area contributed by atoms with Crippen LogP contribution in [0.5, 0.6) is 0 Å². The van der Waals surface area contributed by atoms with Crippen LogP contribution >= 0.6 is 12.6 Å². The molecule has 72 valence electrons. The molecule has 2 unspecified atom stereocenters. The van der Waals surface area contributed by atoms with E-state index in [1.165, 1.54) is 12.8 Å². The van der Waals surface area contributed by atoms with Crippen molar-refractivity contribution < 1.29 is 0 Å². The van der Waals surface area contributed by atoms with Gasteiger partial charge in [0.2, 0.25) is 0 Å². The van der Waals surface area contributed by atoms with Crippen LogP contribution in [0.3, 0.4) is 0 Å². The second-order valence-corrected chi connectivity index (χ2v) is 4.10. The molecule has 1 heterocycles. The summed E-state index contributed by atoms with van der Waals surface area (Å²) in [5.74, 6) is 0.